The molecule has 0 bridgehead atoms. The van der Waals surface area contributed by atoms with Crippen LogP contribution >= 0.6 is 11.8 Å². The van der Waals surface area contributed by atoms with Crippen LogP contribution in [0.15, 0.2) is 29.2 Å². The molecule has 1 aromatic rings. The zero-order valence-electron chi connectivity index (χ0n) is 15.7. The number of rotatable bonds is 9. The van der Waals surface area contributed by atoms with Gasteiger partial charge in [0.2, 0.25) is 5.91 Å². The van der Waals surface area contributed by atoms with Crippen LogP contribution in [-0.4, -0.2) is 42.7 Å². The molecule has 148 valence electrons. The van der Waals surface area contributed by atoms with Gasteiger partial charge >= 0.3 is 12.0 Å². The molecule has 0 aromatic heterocycles. The fourth-order valence-electron chi connectivity index (χ4n) is 1.85. The van der Waals surface area contributed by atoms with Crippen molar-refractivity contribution in [1.29, 1.82) is 0 Å². The van der Waals surface area contributed by atoms with Crippen LogP contribution in [0, 0.1) is 5.92 Å². The minimum atomic E-state index is -0.685. The van der Waals surface area contributed by atoms with Gasteiger partial charge in [-0.3, -0.25) is 19.7 Å². The Bertz CT molecular complexity index is 661. The van der Waals surface area contributed by atoms with Crippen LogP contribution in [0.2, 0.25) is 0 Å². The number of urea groups is 1. The van der Waals surface area contributed by atoms with E-state index in [4.69, 9.17) is 4.74 Å². The number of carbonyl (C=O) groups excluding carboxylic acids is 4. The average Bonchev–Trinajstić information content (AvgIpc) is 2.58. The normalized spacial score (nSPS) is 10.2. The molecule has 0 saturated heterocycles. The van der Waals surface area contributed by atoms with Crippen molar-refractivity contribution < 1.29 is 23.9 Å². The van der Waals surface area contributed by atoms with Gasteiger partial charge in [-0.05, 0) is 36.6 Å². The van der Waals surface area contributed by atoms with E-state index in [1.807, 2.05) is 13.8 Å². The summed E-state index contributed by atoms with van der Waals surface area (Å²) < 4.78 is 4.84. The molecule has 0 aliphatic heterocycles. The Kier molecular flexibility index (Phi) is 9.95. The van der Waals surface area contributed by atoms with E-state index in [1.165, 1.54) is 18.7 Å². The maximum atomic E-state index is 11.7. The second-order valence-electron chi connectivity index (χ2n) is 6.14. The van der Waals surface area contributed by atoms with Gasteiger partial charge < -0.3 is 15.4 Å². The first-order valence-corrected chi connectivity index (χ1v) is 9.48. The predicted molar refractivity (Wildman–Crippen MR) is 103 cm³/mol. The van der Waals surface area contributed by atoms with E-state index in [9.17, 15) is 19.2 Å². The molecule has 9 heteroatoms. The first-order chi connectivity index (χ1) is 12.8. The van der Waals surface area contributed by atoms with Crippen molar-refractivity contribution >= 4 is 41.3 Å². The molecule has 1 rings (SSSR count). The van der Waals surface area contributed by atoms with Crippen molar-refractivity contribution in [3.63, 3.8) is 0 Å². The van der Waals surface area contributed by atoms with Gasteiger partial charge in [-0.15, -0.1) is 11.8 Å². The summed E-state index contributed by atoms with van der Waals surface area (Å²) in [6.07, 6.45) is 0.805. The smallest absolute Gasteiger partial charge is 0.321 e. The Balaban J connectivity index is 2.23. The Morgan fingerprint density at radius 1 is 1.11 bits per heavy atom. The fraction of sp³-hybridized carbons (Fsp3) is 0.444. The van der Waals surface area contributed by atoms with E-state index >= 15 is 0 Å². The van der Waals surface area contributed by atoms with Crippen molar-refractivity contribution in [2.75, 3.05) is 24.2 Å². The number of thioether (sulfide) groups is 1. The lowest BCUT2D eigenvalue weighted by molar-refractivity contribution is -0.145. The maximum absolute atomic E-state index is 11.7. The molecular formula is C18H25N3O5S. The number of carbonyl (C=O) groups is 4. The van der Waals surface area contributed by atoms with E-state index in [2.05, 4.69) is 16.0 Å². The van der Waals surface area contributed by atoms with Crippen LogP contribution in [0.3, 0.4) is 0 Å². The number of hydrogen-bond acceptors (Lipinski definition) is 6. The summed E-state index contributed by atoms with van der Waals surface area (Å²) >= 11 is 1.24. The predicted octanol–water partition coefficient (Wildman–Crippen LogP) is 2.15. The number of imide groups is 1. The highest BCUT2D eigenvalue weighted by molar-refractivity contribution is 8.00. The minimum absolute atomic E-state index is 0.0212. The molecule has 0 aliphatic rings. The summed E-state index contributed by atoms with van der Waals surface area (Å²) in [6, 6.07) is 6.36. The maximum Gasteiger partial charge on any atom is 0.321 e. The molecule has 27 heavy (non-hydrogen) atoms. The third-order valence-corrected chi connectivity index (χ3v) is 4.14. The molecule has 4 amide bonds. The molecule has 3 N–H and O–H groups in total. The van der Waals surface area contributed by atoms with Gasteiger partial charge in [0.15, 0.2) is 6.61 Å². The van der Waals surface area contributed by atoms with Gasteiger partial charge in [0.05, 0.1) is 5.75 Å². The second-order valence-corrected chi connectivity index (χ2v) is 7.19. The van der Waals surface area contributed by atoms with Crippen LogP contribution in [0.4, 0.5) is 10.5 Å². The van der Waals surface area contributed by atoms with Crippen LogP contribution in [-0.2, 0) is 19.1 Å². The quantitative estimate of drug-likeness (QED) is 0.436. The highest BCUT2D eigenvalue weighted by atomic mass is 32.2. The molecule has 0 unspecified atom stereocenters. The van der Waals surface area contributed by atoms with Crippen LogP contribution < -0.4 is 16.0 Å². The molecular weight excluding hydrogens is 370 g/mol. The van der Waals surface area contributed by atoms with Gasteiger partial charge in [-0.1, -0.05) is 13.8 Å². The van der Waals surface area contributed by atoms with Crippen LogP contribution in [0.1, 0.15) is 27.2 Å². The minimum Gasteiger partial charge on any atom is -0.455 e. The van der Waals surface area contributed by atoms with Gasteiger partial charge in [0, 0.05) is 24.1 Å². The Morgan fingerprint density at radius 2 is 1.78 bits per heavy atom. The Hall–Kier alpha value is -2.55. The van der Waals surface area contributed by atoms with E-state index in [-0.39, 0.29) is 11.7 Å². The van der Waals surface area contributed by atoms with Crippen molar-refractivity contribution in [3.05, 3.63) is 24.3 Å². The second kappa shape index (κ2) is 11.9. The highest BCUT2D eigenvalue weighted by Gasteiger charge is 2.11. The lowest BCUT2D eigenvalue weighted by atomic mass is 10.1. The molecule has 8 nitrogen and oxygen atoms in total. The topological polar surface area (TPSA) is 114 Å². The number of hydrogen-bond donors (Lipinski definition) is 3. The van der Waals surface area contributed by atoms with E-state index in [0.717, 1.165) is 11.3 Å². The summed E-state index contributed by atoms with van der Waals surface area (Å²) in [5, 5.41) is 7.30. The number of ether oxygens (including phenoxy) is 1. The molecule has 0 atom stereocenters. The summed E-state index contributed by atoms with van der Waals surface area (Å²) in [7, 11) is 0. The summed E-state index contributed by atoms with van der Waals surface area (Å²) in [5.74, 6) is -0.948. The molecule has 0 fully saturated rings. The largest absolute Gasteiger partial charge is 0.455 e. The third kappa shape index (κ3) is 10.9. The lowest BCUT2D eigenvalue weighted by Gasteiger charge is -2.08. The number of amides is 4. The van der Waals surface area contributed by atoms with E-state index in [1.54, 1.807) is 24.3 Å². The third-order valence-electron chi connectivity index (χ3n) is 3.16. The monoisotopic (exact) mass is 395 g/mol. The van der Waals surface area contributed by atoms with Crippen LogP contribution in [0.25, 0.3) is 0 Å². The highest BCUT2D eigenvalue weighted by Crippen LogP contribution is 2.20. The van der Waals surface area contributed by atoms with Crippen molar-refractivity contribution in [2.45, 2.75) is 32.1 Å². The Morgan fingerprint density at radius 3 is 2.37 bits per heavy atom. The molecule has 0 saturated carbocycles. The van der Waals surface area contributed by atoms with Crippen molar-refractivity contribution in [1.82, 2.24) is 10.6 Å². The first-order valence-electron chi connectivity index (χ1n) is 8.50. The van der Waals surface area contributed by atoms with Gasteiger partial charge in [-0.25, -0.2) is 4.79 Å². The number of esters is 1. The number of benzene rings is 1. The van der Waals surface area contributed by atoms with Gasteiger partial charge in [0.25, 0.3) is 5.91 Å². The fourth-order valence-corrected chi connectivity index (χ4v) is 2.55. The summed E-state index contributed by atoms with van der Waals surface area (Å²) in [6.45, 7) is 5.43. The van der Waals surface area contributed by atoms with Gasteiger partial charge in [-0.2, -0.15) is 0 Å². The SMILES string of the molecule is CC(=O)Nc1ccc(SCC(=O)OCC(=O)NC(=O)NCCC(C)C)cc1. The zero-order valence-corrected chi connectivity index (χ0v) is 16.5. The van der Waals surface area contributed by atoms with Crippen LogP contribution in [0.5, 0.6) is 0 Å². The zero-order chi connectivity index (χ0) is 20.2. The number of nitrogens with one attached hydrogen (secondary N) is 3. The molecule has 1 aromatic carbocycles. The standard InChI is InChI=1S/C18H25N3O5S/c1-12(2)8-9-19-18(25)21-16(23)10-26-17(24)11-27-15-6-4-14(5-7-15)20-13(3)22/h4-7,12H,8-11H2,1-3H3,(H,20,22)(H2,19,21,23,25). The number of anilines is 1. The van der Waals surface area contributed by atoms with Crippen molar-refractivity contribution in [3.8, 4) is 0 Å². The summed E-state index contributed by atoms with van der Waals surface area (Å²) in [5.41, 5.74) is 0.665. The lowest BCUT2D eigenvalue weighted by Crippen LogP contribution is -2.42. The average molecular weight is 395 g/mol. The summed E-state index contributed by atoms with van der Waals surface area (Å²) in [4.78, 5) is 46.5. The Labute approximate surface area is 162 Å². The molecule has 0 aliphatic carbocycles. The molecule has 0 spiro atoms. The molecule has 0 heterocycles. The first kappa shape index (κ1) is 22.5. The van der Waals surface area contributed by atoms with Gasteiger partial charge in [0.1, 0.15) is 0 Å². The van der Waals surface area contributed by atoms with E-state index < -0.39 is 24.5 Å². The van der Waals surface area contributed by atoms with Crippen molar-refractivity contribution in [2.24, 2.45) is 5.92 Å². The molecule has 0 radical (unpaired) electrons. The van der Waals surface area contributed by atoms with E-state index in [0.29, 0.717) is 18.2 Å².